The van der Waals surface area contributed by atoms with Crippen molar-refractivity contribution in [2.45, 2.75) is 6.61 Å². The van der Waals surface area contributed by atoms with E-state index in [1.165, 1.54) is 11.7 Å². The molecule has 2 heterocycles. The number of fused-ring (bicyclic) bond motifs is 1. The van der Waals surface area contributed by atoms with Gasteiger partial charge in [0, 0.05) is 7.05 Å². The highest BCUT2D eigenvalue weighted by atomic mass is 79.9. The van der Waals surface area contributed by atoms with E-state index in [1.807, 2.05) is 12.1 Å². The molecule has 0 bridgehead atoms. The molecule has 2 aromatic heterocycles. The second kappa shape index (κ2) is 4.86. The van der Waals surface area contributed by atoms with Crippen LogP contribution >= 0.6 is 15.9 Å². The predicted molar refractivity (Wildman–Crippen MR) is 70.5 cm³/mol. The van der Waals surface area contributed by atoms with Gasteiger partial charge in [0.15, 0.2) is 11.3 Å². The molecule has 0 radical (unpaired) electrons. The minimum Gasteiger partial charge on any atom is -0.435 e. The third kappa shape index (κ3) is 2.15. The smallest absolute Gasteiger partial charge is 0.388 e. The molecule has 0 unspecified atom stereocenters. The molecule has 0 aliphatic heterocycles. The van der Waals surface area contributed by atoms with Gasteiger partial charge >= 0.3 is 6.61 Å². The lowest BCUT2D eigenvalue weighted by Crippen LogP contribution is -2.06. The summed E-state index contributed by atoms with van der Waals surface area (Å²) in [6.45, 7) is -2.93. The normalized spacial score (nSPS) is 11.4. The van der Waals surface area contributed by atoms with Crippen LogP contribution in [0.25, 0.3) is 22.7 Å². The van der Waals surface area contributed by atoms with Crippen molar-refractivity contribution in [3.8, 4) is 17.5 Å². The molecule has 0 atom stereocenters. The van der Waals surface area contributed by atoms with Crippen molar-refractivity contribution in [2.24, 2.45) is 7.05 Å². The van der Waals surface area contributed by atoms with Crippen LogP contribution in [-0.2, 0) is 7.05 Å². The van der Waals surface area contributed by atoms with Crippen molar-refractivity contribution in [2.75, 3.05) is 0 Å². The lowest BCUT2D eigenvalue weighted by Gasteiger charge is -2.03. The van der Waals surface area contributed by atoms with E-state index >= 15 is 0 Å². The molecule has 0 fully saturated rings. The van der Waals surface area contributed by atoms with Crippen molar-refractivity contribution >= 4 is 27.0 Å². The minimum absolute atomic E-state index is 0.0859. The largest absolute Gasteiger partial charge is 0.435 e. The number of halogens is 3. The van der Waals surface area contributed by atoms with Gasteiger partial charge in [0.25, 0.3) is 0 Å². The Kier molecular flexibility index (Phi) is 3.17. The van der Waals surface area contributed by atoms with Crippen LogP contribution in [0.5, 0.6) is 5.88 Å². The number of ether oxygens (including phenoxy) is 1. The van der Waals surface area contributed by atoms with E-state index in [9.17, 15) is 8.78 Å². The van der Waals surface area contributed by atoms with Crippen LogP contribution in [0.4, 0.5) is 8.78 Å². The van der Waals surface area contributed by atoms with Crippen LogP contribution in [0.15, 0.2) is 33.2 Å². The minimum atomic E-state index is -2.93. The number of aryl methyl sites for hydroxylation is 1. The van der Waals surface area contributed by atoms with Crippen LogP contribution in [-0.4, -0.2) is 21.4 Å². The Labute approximate surface area is 120 Å². The number of nitrogens with zero attached hydrogens (tertiary/aromatic N) is 3. The molecule has 0 aliphatic rings. The lowest BCUT2D eigenvalue weighted by atomic mass is 10.3. The third-order valence-electron chi connectivity index (χ3n) is 2.64. The summed E-state index contributed by atoms with van der Waals surface area (Å²) in [7, 11) is 1.49. The number of alkyl halides is 2. The molecule has 0 amide bonds. The maximum absolute atomic E-state index is 12.3. The molecule has 1 aromatic carbocycles. The molecular formula is C12H8BrF2N3O2. The molecule has 5 nitrogen and oxygen atoms in total. The summed E-state index contributed by atoms with van der Waals surface area (Å²) >= 11 is 3.18. The van der Waals surface area contributed by atoms with E-state index < -0.39 is 6.61 Å². The van der Waals surface area contributed by atoms with E-state index in [0.29, 0.717) is 16.8 Å². The monoisotopic (exact) mass is 343 g/mol. The highest BCUT2D eigenvalue weighted by molar-refractivity contribution is 9.10. The molecule has 0 aliphatic carbocycles. The van der Waals surface area contributed by atoms with Gasteiger partial charge in [0.05, 0.1) is 0 Å². The van der Waals surface area contributed by atoms with Crippen LogP contribution < -0.4 is 4.74 Å². The Morgan fingerprint density at radius 2 is 2.10 bits per heavy atom. The second-order valence-corrected chi connectivity index (χ2v) is 4.75. The fraction of sp³-hybridized carbons (Fsp3) is 0.167. The molecule has 0 saturated carbocycles. The van der Waals surface area contributed by atoms with Crippen molar-refractivity contribution < 1.29 is 17.9 Å². The number of benzene rings is 1. The Balaban J connectivity index is 2.10. The van der Waals surface area contributed by atoms with Gasteiger partial charge in [0.1, 0.15) is 9.99 Å². The molecular weight excluding hydrogens is 336 g/mol. The van der Waals surface area contributed by atoms with Crippen LogP contribution in [0.3, 0.4) is 0 Å². The van der Waals surface area contributed by atoms with Gasteiger partial charge in [-0.05, 0) is 28.1 Å². The number of oxazole rings is 1. The molecule has 8 heteroatoms. The Bertz CT molecular complexity index is 736. The van der Waals surface area contributed by atoms with Gasteiger partial charge < -0.3 is 9.15 Å². The van der Waals surface area contributed by atoms with Gasteiger partial charge in [-0.25, -0.2) is 9.67 Å². The summed E-state index contributed by atoms with van der Waals surface area (Å²) in [5, 5.41) is 4.08. The molecule has 0 spiro atoms. The van der Waals surface area contributed by atoms with Gasteiger partial charge in [-0.2, -0.15) is 13.9 Å². The number of aromatic nitrogens is 3. The number of hydrogen-bond acceptors (Lipinski definition) is 4. The summed E-state index contributed by atoms with van der Waals surface area (Å²) < 4.78 is 36.1. The standard InChI is InChI=1S/C12H8BrF2N3O2/c1-18-11(20-12(14)15)8(13)9(17-18)10-16-6-4-2-3-5-7(6)19-10/h2-5,12H,1H3. The average molecular weight is 344 g/mol. The van der Waals surface area contributed by atoms with Crippen molar-refractivity contribution in [3.63, 3.8) is 0 Å². The fourth-order valence-corrected chi connectivity index (χ4v) is 2.40. The molecule has 3 aromatic rings. The van der Waals surface area contributed by atoms with Crippen molar-refractivity contribution in [1.29, 1.82) is 0 Å². The van der Waals surface area contributed by atoms with E-state index in [1.54, 1.807) is 12.1 Å². The summed E-state index contributed by atoms with van der Waals surface area (Å²) in [6.07, 6.45) is 0. The zero-order valence-corrected chi connectivity index (χ0v) is 11.8. The average Bonchev–Trinajstić information content (AvgIpc) is 2.94. The Hall–Kier alpha value is -1.96. The van der Waals surface area contributed by atoms with Crippen LogP contribution in [0.1, 0.15) is 0 Å². The van der Waals surface area contributed by atoms with E-state index in [0.717, 1.165) is 0 Å². The van der Waals surface area contributed by atoms with E-state index in [2.05, 4.69) is 30.7 Å². The van der Waals surface area contributed by atoms with Crippen LogP contribution in [0, 0.1) is 0 Å². The molecule has 3 rings (SSSR count). The zero-order valence-electron chi connectivity index (χ0n) is 10.2. The first kappa shape index (κ1) is 13.0. The lowest BCUT2D eigenvalue weighted by molar-refractivity contribution is -0.0558. The zero-order chi connectivity index (χ0) is 14.3. The maximum atomic E-state index is 12.3. The first-order valence-electron chi connectivity index (χ1n) is 5.59. The van der Waals surface area contributed by atoms with Gasteiger partial charge in [-0.1, -0.05) is 12.1 Å². The molecule has 0 N–H and O–H groups in total. The first-order valence-corrected chi connectivity index (χ1v) is 6.39. The quantitative estimate of drug-likeness (QED) is 0.729. The fourth-order valence-electron chi connectivity index (χ4n) is 1.81. The summed E-state index contributed by atoms with van der Waals surface area (Å²) in [4.78, 5) is 4.26. The molecule has 0 saturated heterocycles. The summed E-state index contributed by atoms with van der Waals surface area (Å²) in [6, 6.07) is 7.19. The van der Waals surface area contributed by atoms with Gasteiger partial charge in [0.2, 0.25) is 11.8 Å². The molecule has 104 valence electrons. The topological polar surface area (TPSA) is 53.1 Å². The van der Waals surface area contributed by atoms with Crippen molar-refractivity contribution in [3.05, 3.63) is 28.7 Å². The highest BCUT2D eigenvalue weighted by Crippen LogP contribution is 2.36. The highest BCUT2D eigenvalue weighted by Gasteiger charge is 2.23. The van der Waals surface area contributed by atoms with Gasteiger partial charge in [-0.3, -0.25) is 0 Å². The van der Waals surface area contributed by atoms with Gasteiger partial charge in [-0.15, -0.1) is 0 Å². The molecule has 20 heavy (non-hydrogen) atoms. The Morgan fingerprint density at radius 3 is 2.80 bits per heavy atom. The maximum Gasteiger partial charge on any atom is 0.388 e. The van der Waals surface area contributed by atoms with E-state index in [4.69, 9.17) is 4.42 Å². The van der Waals surface area contributed by atoms with Crippen LogP contribution in [0.2, 0.25) is 0 Å². The predicted octanol–water partition coefficient (Wildman–Crippen LogP) is 3.59. The summed E-state index contributed by atoms with van der Waals surface area (Å²) in [5.74, 6) is 0.148. The van der Waals surface area contributed by atoms with Crippen molar-refractivity contribution in [1.82, 2.24) is 14.8 Å². The van der Waals surface area contributed by atoms with E-state index in [-0.39, 0.29) is 16.2 Å². The summed E-state index contributed by atoms with van der Waals surface area (Å²) in [5.41, 5.74) is 1.56. The second-order valence-electron chi connectivity index (χ2n) is 3.96. The number of hydrogen-bond donors (Lipinski definition) is 0. The third-order valence-corrected chi connectivity index (χ3v) is 3.35. The SMILES string of the molecule is Cn1nc(-c2nc3ccccc3o2)c(Br)c1OC(F)F. The number of rotatable bonds is 3. The Morgan fingerprint density at radius 1 is 1.35 bits per heavy atom. The first-order chi connectivity index (χ1) is 9.56. The number of para-hydroxylation sites is 2.